The third-order valence-electron chi connectivity index (χ3n) is 4.92. The number of hydrogen-bond donors (Lipinski definition) is 1. The van der Waals surface area contributed by atoms with Crippen LogP contribution in [-0.4, -0.2) is 17.2 Å². The van der Waals surface area contributed by atoms with Crippen LogP contribution in [0.1, 0.15) is 105 Å². The second-order valence-electron chi connectivity index (χ2n) is 8.35. The van der Waals surface area contributed by atoms with Gasteiger partial charge in [-0.2, -0.15) is 0 Å². The van der Waals surface area contributed by atoms with Gasteiger partial charge in [0.2, 0.25) is 0 Å². The summed E-state index contributed by atoms with van der Waals surface area (Å²) in [5, 5.41) is -0.577. The van der Waals surface area contributed by atoms with E-state index >= 15 is 0 Å². The molecule has 0 heterocycles. The van der Waals surface area contributed by atoms with Gasteiger partial charge in [0.25, 0.3) is 0 Å². The van der Waals surface area contributed by atoms with Gasteiger partial charge >= 0.3 is 7.60 Å². The van der Waals surface area contributed by atoms with Gasteiger partial charge in [0, 0.05) is 7.11 Å². The van der Waals surface area contributed by atoms with E-state index < -0.39 is 12.8 Å². The van der Waals surface area contributed by atoms with Crippen LogP contribution in [0.2, 0.25) is 0 Å². The molecule has 0 aromatic rings. The Morgan fingerprint density at radius 1 is 0.875 bits per heavy atom. The first-order valence-electron chi connectivity index (χ1n) is 10.1. The molecule has 0 aliphatic rings. The first-order valence-corrected chi connectivity index (χ1v) is 11.7. The average molecular weight is 363 g/mol. The van der Waals surface area contributed by atoms with Crippen LogP contribution in [0.15, 0.2) is 0 Å². The minimum atomic E-state index is -3.59. The molecule has 146 valence electrons. The molecule has 0 spiro atoms. The Morgan fingerprint density at radius 3 is 1.67 bits per heavy atom. The minimum absolute atomic E-state index is 0.397. The standard InChI is InChI=1S/C20H43O3P/c1-7-8-9-10-11-12-13-14-15-20(16-18(2)3,17-19(4)5)24(21,22)23-6/h18-19H,7-17H2,1-6H3,(H,21,22). The summed E-state index contributed by atoms with van der Waals surface area (Å²) in [4.78, 5) is 10.6. The summed E-state index contributed by atoms with van der Waals surface area (Å²) < 4.78 is 18.0. The SMILES string of the molecule is CCCCCCCCCCC(CC(C)C)(CC(C)C)P(=O)(O)OC. The van der Waals surface area contributed by atoms with Gasteiger partial charge in [0.1, 0.15) is 0 Å². The fraction of sp³-hybridized carbons (Fsp3) is 1.00. The van der Waals surface area contributed by atoms with Crippen molar-refractivity contribution in [3.8, 4) is 0 Å². The van der Waals surface area contributed by atoms with E-state index in [4.69, 9.17) is 4.52 Å². The molecule has 0 saturated carbocycles. The average Bonchev–Trinajstić information content (AvgIpc) is 2.48. The lowest BCUT2D eigenvalue weighted by Crippen LogP contribution is -2.33. The summed E-state index contributed by atoms with van der Waals surface area (Å²) >= 11 is 0. The van der Waals surface area contributed by atoms with E-state index in [1.807, 2.05) is 0 Å². The zero-order chi connectivity index (χ0) is 18.6. The Hall–Kier alpha value is 0.150. The zero-order valence-corrected chi connectivity index (χ0v) is 18.0. The van der Waals surface area contributed by atoms with Crippen LogP contribution in [0.4, 0.5) is 0 Å². The lowest BCUT2D eigenvalue weighted by atomic mass is 9.84. The fourth-order valence-corrected chi connectivity index (χ4v) is 5.98. The maximum Gasteiger partial charge on any atom is 0.333 e. The Labute approximate surface area is 151 Å². The van der Waals surface area contributed by atoms with E-state index in [0.717, 1.165) is 32.1 Å². The molecular formula is C20H43O3P. The molecule has 0 aliphatic heterocycles. The lowest BCUT2D eigenvalue weighted by molar-refractivity contribution is 0.232. The summed E-state index contributed by atoms with van der Waals surface area (Å²) in [6.45, 7) is 10.8. The fourth-order valence-electron chi connectivity index (χ4n) is 3.96. The van der Waals surface area contributed by atoms with Crippen molar-refractivity contribution in [3.63, 3.8) is 0 Å². The van der Waals surface area contributed by atoms with Crippen molar-refractivity contribution in [2.45, 2.75) is 110 Å². The van der Waals surface area contributed by atoms with Crippen molar-refractivity contribution in [1.29, 1.82) is 0 Å². The molecule has 1 atom stereocenters. The molecule has 24 heavy (non-hydrogen) atoms. The molecule has 1 N–H and O–H groups in total. The molecule has 1 unspecified atom stereocenters. The highest BCUT2D eigenvalue weighted by atomic mass is 31.2. The van der Waals surface area contributed by atoms with Crippen molar-refractivity contribution in [2.24, 2.45) is 11.8 Å². The van der Waals surface area contributed by atoms with Gasteiger partial charge in [-0.05, 0) is 31.1 Å². The van der Waals surface area contributed by atoms with E-state index in [9.17, 15) is 9.46 Å². The Balaban J connectivity index is 4.67. The first-order chi connectivity index (χ1) is 11.2. The maximum atomic E-state index is 12.8. The van der Waals surface area contributed by atoms with Gasteiger partial charge in [0.05, 0.1) is 5.16 Å². The monoisotopic (exact) mass is 362 g/mol. The highest BCUT2D eigenvalue weighted by molar-refractivity contribution is 7.54. The molecule has 0 bridgehead atoms. The molecule has 0 aromatic carbocycles. The van der Waals surface area contributed by atoms with E-state index in [-0.39, 0.29) is 0 Å². The summed E-state index contributed by atoms with van der Waals surface area (Å²) in [5.74, 6) is 0.793. The second-order valence-corrected chi connectivity index (χ2v) is 10.7. The predicted molar refractivity (Wildman–Crippen MR) is 106 cm³/mol. The molecule has 0 amide bonds. The summed E-state index contributed by atoms with van der Waals surface area (Å²) in [6, 6.07) is 0. The van der Waals surface area contributed by atoms with Crippen molar-refractivity contribution < 1.29 is 14.0 Å². The van der Waals surface area contributed by atoms with Crippen molar-refractivity contribution >= 4 is 7.60 Å². The molecule has 0 aromatic heterocycles. The number of hydrogen-bond acceptors (Lipinski definition) is 2. The lowest BCUT2D eigenvalue weighted by Gasteiger charge is -2.39. The topological polar surface area (TPSA) is 46.5 Å². The number of unbranched alkanes of at least 4 members (excludes halogenated alkanes) is 7. The molecule has 0 radical (unpaired) electrons. The smallest absolute Gasteiger partial charge is 0.324 e. The van der Waals surface area contributed by atoms with Gasteiger partial charge < -0.3 is 9.42 Å². The van der Waals surface area contributed by atoms with Crippen LogP contribution in [0, 0.1) is 11.8 Å². The van der Waals surface area contributed by atoms with Crippen LogP contribution in [0.3, 0.4) is 0 Å². The van der Waals surface area contributed by atoms with Crippen molar-refractivity contribution in [1.82, 2.24) is 0 Å². The molecule has 0 aliphatic carbocycles. The van der Waals surface area contributed by atoms with Gasteiger partial charge in [-0.15, -0.1) is 0 Å². The predicted octanol–water partition coefficient (Wildman–Crippen LogP) is 7.18. The van der Waals surface area contributed by atoms with E-state index in [1.54, 1.807) is 0 Å². The van der Waals surface area contributed by atoms with E-state index in [1.165, 1.54) is 45.6 Å². The quantitative estimate of drug-likeness (QED) is 0.248. The third kappa shape index (κ3) is 9.02. The van der Waals surface area contributed by atoms with E-state index in [0.29, 0.717) is 11.8 Å². The molecular weight excluding hydrogens is 319 g/mol. The Kier molecular flexibility index (Phi) is 12.6. The van der Waals surface area contributed by atoms with Gasteiger partial charge in [0.15, 0.2) is 0 Å². The summed E-state index contributed by atoms with van der Waals surface area (Å²) in [5.41, 5.74) is 0. The van der Waals surface area contributed by atoms with Crippen molar-refractivity contribution in [2.75, 3.05) is 7.11 Å². The van der Waals surface area contributed by atoms with E-state index in [2.05, 4.69) is 34.6 Å². The highest BCUT2D eigenvalue weighted by Crippen LogP contribution is 2.62. The Morgan fingerprint density at radius 2 is 1.29 bits per heavy atom. The Bertz CT molecular complexity index is 343. The maximum absolute atomic E-state index is 12.8. The normalized spacial score (nSPS) is 15.2. The molecule has 0 fully saturated rings. The molecule has 3 nitrogen and oxygen atoms in total. The van der Waals surface area contributed by atoms with Crippen LogP contribution < -0.4 is 0 Å². The summed E-state index contributed by atoms with van der Waals surface area (Å²) in [6.07, 6.45) is 12.4. The van der Waals surface area contributed by atoms with Gasteiger partial charge in [-0.3, -0.25) is 4.57 Å². The molecule has 0 rings (SSSR count). The highest BCUT2D eigenvalue weighted by Gasteiger charge is 2.48. The van der Waals surface area contributed by atoms with Crippen LogP contribution in [0.25, 0.3) is 0 Å². The van der Waals surface area contributed by atoms with Gasteiger partial charge in [-0.1, -0.05) is 86.0 Å². The van der Waals surface area contributed by atoms with Crippen LogP contribution in [0.5, 0.6) is 0 Å². The van der Waals surface area contributed by atoms with Crippen LogP contribution in [-0.2, 0) is 9.09 Å². The third-order valence-corrected chi connectivity index (χ3v) is 7.20. The second kappa shape index (κ2) is 12.5. The van der Waals surface area contributed by atoms with Gasteiger partial charge in [-0.25, -0.2) is 0 Å². The first kappa shape index (κ1) is 24.1. The number of rotatable bonds is 15. The zero-order valence-electron chi connectivity index (χ0n) is 17.1. The van der Waals surface area contributed by atoms with Crippen molar-refractivity contribution in [3.05, 3.63) is 0 Å². The summed E-state index contributed by atoms with van der Waals surface area (Å²) in [7, 11) is -2.20. The van der Waals surface area contributed by atoms with Crippen LogP contribution >= 0.6 is 7.60 Å². The largest absolute Gasteiger partial charge is 0.333 e. The molecule has 0 saturated heterocycles. The molecule has 4 heteroatoms. The minimum Gasteiger partial charge on any atom is -0.324 e.